The first-order chi connectivity index (χ1) is 6.15. The predicted molar refractivity (Wildman–Crippen MR) is 50.4 cm³/mol. The minimum Gasteiger partial charge on any atom is -0.411 e. The molecule has 1 aromatic rings. The Morgan fingerprint density at radius 3 is 2.31 bits per heavy atom. The number of hydrogen-bond donors (Lipinski definition) is 1. The Morgan fingerprint density at radius 1 is 1.31 bits per heavy atom. The molecule has 0 spiro atoms. The highest BCUT2D eigenvalue weighted by Gasteiger charge is 2.08. The van der Waals surface area contributed by atoms with Gasteiger partial charge in [-0.1, -0.05) is 35.0 Å². The van der Waals surface area contributed by atoms with E-state index < -0.39 is 0 Å². The Kier molecular flexibility index (Phi) is 2.80. The maximum absolute atomic E-state index is 11.4. The van der Waals surface area contributed by atoms with Gasteiger partial charge >= 0.3 is 0 Å². The van der Waals surface area contributed by atoms with Crippen molar-refractivity contribution in [2.75, 3.05) is 0 Å². The molecule has 3 heteroatoms. The van der Waals surface area contributed by atoms with Gasteiger partial charge in [-0.25, -0.2) is 0 Å². The first kappa shape index (κ1) is 9.45. The molecule has 0 heterocycles. The van der Waals surface area contributed by atoms with Gasteiger partial charge in [0.25, 0.3) is 0 Å². The highest BCUT2D eigenvalue weighted by molar-refractivity contribution is 6.45. The second kappa shape index (κ2) is 3.85. The minimum absolute atomic E-state index is 0.101. The number of aryl methyl sites for hydroxylation is 1. The van der Waals surface area contributed by atoms with Crippen LogP contribution in [0.2, 0.25) is 0 Å². The molecule has 0 radical (unpaired) electrons. The molecule has 0 bridgehead atoms. The molecule has 0 fully saturated rings. The lowest BCUT2D eigenvalue weighted by Gasteiger charge is -1.98. The number of oxime groups is 1. The van der Waals surface area contributed by atoms with Gasteiger partial charge in [0, 0.05) is 5.56 Å². The van der Waals surface area contributed by atoms with E-state index >= 15 is 0 Å². The molecule has 0 aliphatic heterocycles. The van der Waals surface area contributed by atoms with Crippen LogP contribution in [0.5, 0.6) is 0 Å². The lowest BCUT2D eigenvalue weighted by atomic mass is 10.1. The Morgan fingerprint density at radius 2 is 1.85 bits per heavy atom. The Labute approximate surface area is 76.7 Å². The SMILES string of the molecule is C/C(=N/O)C(=O)c1ccc(C)cc1. The highest BCUT2D eigenvalue weighted by Crippen LogP contribution is 2.04. The first-order valence-electron chi connectivity index (χ1n) is 3.95. The molecule has 0 aliphatic rings. The van der Waals surface area contributed by atoms with E-state index in [9.17, 15) is 4.79 Å². The van der Waals surface area contributed by atoms with Gasteiger partial charge in [-0.05, 0) is 13.8 Å². The zero-order valence-corrected chi connectivity index (χ0v) is 7.61. The van der Waals surface area contributed by atoms with E-state index in [-0.39, 0.29) is 11.5 Å². The number of nitrogens with zero attached hydrogens (tertiary/aromatic N) is 1. The summed E-state index contributed by atoms with van der Waals surface area (Å²) in [5.74, 6) is -0.248. The van der Waals surface area contributed by atoms with Crippen molar-refractivity contribution >= 4 is 11.5 Å². The van der Waals surface area contributed by atoms with E-state index in [0.29, 0.717) is 5.56 Å². The fourth-order valence-corrected chi connectivity index (χ4v) is 0.959. The van der Waals surface area contributed by atoms with E-state index in [4.69, 9.17) is 5.21 Å². The van der Waals surface area contributed by atoms with Crippen LogP contribution in [0.3, 0.4) is 0 Å². The summed E-state index contributed by atoms with van der Waals surface area (Å²) < 4.78 is 0. The summed E-state index contributed by atoms with van der Waals surface area (Å²) in [5.41, 5.74) is 1.74. The summed E-state index contributed by atoms with van der Waals surface area (Å²) in [4.78, 5) is 11.4. The molecule has 0 atom stereocenters. The van der Waals surface area contributed by atoms with E-state index in [1.54, 1.807) is 12.1 Å². The summed E-state index contributed by atoms with van der Waals surface area (Å²) in [6.07, 6.45) is 0. The molecule has 1 N–H and O–H groups in total. The van der Waals surface area contributed by atoms with Gasteiger partial charge < -0.3 is 5.21 Å². The quantitative estimate of drug-likeness (QED) is 0.325. The minimum atomic E-state index is -0.248. The summed E-state index contributed by atoms with van der Waals surface area (Å²) in [6.45, 7) is 3.42. The molecule has 3 nitrogen and oxygen atoms in total. The molecular weight excluding hydrogens is 166 g/mol. The largest absolute Gasteiger partial charge is 0.411 e. The van der Waals surface area contributed by atoms with Crippen molar-refractivity contribution in [1.82, 2.24) is 0 Å². The molecule has 0 aliphatic carbocycles. The van der Waals surface area contributed by atoms with Crippen LogP contribution in [0.25, 0.3) is 0 Å². The molecule has 13 heavy (non-hydrogen) atoms. The van der Waals surface area contributed by atoms with Crippen molar-refractivity contribution in [1.29, 1.82) is 0 Å². The van der Waals surface area contributed by atoms with Crippen molar-refractivity contribution in [2.45, 2.75) is 13.8 Å². The maximum atomic E-state index is 11.4. The lowest BCUT2D eigenvalue weighted by molar-refractivity contribution is 0.106. The molecule has 0 saturated carbocycles. The summed E-state index contributed by atoms with van der Waals surface area (Å²) in [6, 6.07) is 7.12. The number of Topliss-reactive ketones (excluding diaryl/α,β-unsaturated/α-hetero) is 1. The molecular formula is C10H11NO2. The van der Waals surface area contributed by atoms with Gasteiger partial charge in [-0.2, -0.15) is 0 Å². The number of rotatable bonds is 2. The zero-order valence-electron chi connectivity index (χ0n) is 7.61. The topological polar surface area (TPSA) is 49.7 Å². The van der Waals surface area contributed by atoms with E-state index in [1.165, 1.54) is 6.92 Å². The van der Waals surface area contributed by atoms with Crippen LogP contribution in [0.4, 0.5) is 0 Å². The standard InChI is InChI=1S/C10H11NO2/c1-7-3-5-9(6-4-7)10(12)8(2)11-13/h3-6,13H,1-2H3/b11-8-. The van der Waals surface area contributed by atoms with Crippen molar-refractivity contribution in [3.05, 3.63) is 35.4 Å². The third-order valence-electron chi connectivity index (χ3n) is 1.79. The average Bonchev–Trinajstić information content (AvgIpc) is 2.17. The zero-order chi connectivity index (χ0) is 9.84. The molecule has 0 amide bonds. The molecule has 0 saturated heterocycles. The van der Waals surface area contributed by atoms with E-state index in [0.717, 1.165) is 5.56 Å². The van der Waals surface area contributed by atoms with Crippen LogP contribution in [0, 0.1) is 6.92 Å². The molecule has 68 valence electrons. The van der Waals surface area contributed by atoms with E-state index in [2.05, 4.69) is 5.16 Å². The van der Waals surface area contributed by atoms with Crippen LogP contribution in [-0.2, 0) is 0 Å². The number of carbonyl (C=O) groups excluding carboxylic acids is 1. The van der Waals surface area contributed by atoms with Crippen molar-refractivity contribution in [3.63, 3.8) is 0 Å². The van der Waals surface area contributed by atoms with Crippen molar-refractivity contribution < 1.29 is 10.0 Å². The summed E-state index contributed by atoms with van der Waals surface area (Å²) >= 11 is 0. The van der Waals surface area contributed by atoms with Crippen molar-refractivity contribution in [3.8, 4) is 0 Å². The molecule has 1 rings (SSSR count). The third-order valence-corrected chi connectivity index (χ3v) is 1.79. The van der Waals surface area contributed by atoms with Gasteiger partial charge in [0.2, 0.25) is 5.78 Å². The second-order valence-electron chi connectivity index (χ2n) is 2.88. The van der Waals surface area contributed by atoms with Gasteiger partial charge in [0.1, 0.15) is 5.71 Å². The Hall–Kier alpha value is -1.64. The second-order valence-corrected chi connectivity index (χ2v) is 2.88. The Balaban J connectivity index is 2.97. The number of carbonyl (C=O) groups is 1. The third kappa shape index (κ3) is 2.15. The van der Waals surface area contributed by atoms with Crippen LogP contribution in [-0.4, -0.2) is 16.7 Å². The average molecular weight is 177 g/mol. The highest BCUT2D eigenvalue weighted by atomic mass is 16.4. The van der Waals surface area contributed by atoms with Crippen LogP contribution in [0.15, 0.2) is 29.4 Å². The smallest absolute Gasteiger partial charge is 0.210 e. The van der Waals surface area contributed by atoms with Gasteiger partial charge in [-0.3, -0.25) is 4.79 Å². The maximum Gasteiger partial charge on any atom is 0.210 e. The van der Waals surface area contributed by atoms with Crippen LogP contribution in [0.1, 0.15) is 22.8 Å². The fourth-order valence-electron chi connectivity index (χ4n) is 0.959. The molecule has 1 aromatic carbocycles. The Bertz CT molecular complexity index is 338. The normalized spacial score (nSPS) is 11.4. The first-order valence-corrected chi connectivity index (χ1v) is 3.95. The number of benzene rings is 1. The summed E-state index contributed by atoms with van der Waals surface area (Å²) in [5, 5.41) is 11.2. The van der Waals surface area contributed by atoms with Crippen molar-refractivity contribution in [2.24, 2.45) is 5.16 Å². The van der Waals surface area contributed by atoms with Gasteiger partial charge in [0.15, 0.2) is 0 Å². The van der Waals surface area contributed by atoms with Gasteiger partial charge in [-0.15, -0.1) is 0 Å². The molecule has 0 unspecified atom stereocenters. The van der Waals surface area contributed by atoms with E-state index in [1.807, 2.05) is 19.1 Å². The fraction of sp³-hybridized carbons (Fsp3) is 0.200. The summed E-state index contributed by atoms with van der Waals surface area (Å²) in [7, 11) is 0. The van der Waals surface area contributed by atoms with Gasteiger partial charge in [0.05, 0.1) is 0 Å². The van der Waals surface area contributed by atoms with Crippen LogP contribution < -0.4 is 0 Å². The van der Waals surface area contributed by atoms with Crippen LogP contribution >= 0.6 is 0 Å². The number of hydrogen-bond acceptors (Lipinski definition) is 3. The molecule has 0 aromatic heterocycles. The monoisotopic (exact) mass is 177 g/mol. The predicted octanol–water partition coefficient (Wildman–Crippen LogP) is 2.03. The number of ketones is 1. The lowest BCUT2D eigenvalue weighted by Crippen LogP contribution is -2.10.